The van der Waals surface area contributed by atoms with Gasteiger partial charge in [0.25, 0.3) is 10.0 Å². The summed E-state index contributed by atoms with van der Waals surface area (Å²) in [6.45, 7) is 1.69. The van der Waals surface area contributed by atoms with Crippen LogP contribution in [0.2, 0.25) is 0 Å². The minimum absolute atomic E-state index is 0.200. The van der Waals surface area contributed by atoms with E-state index in [1.807, 2.05) is 0 Å². The van der Waals surface area contributed by atoms with Gasteiger partial charge in [0.15, 0.2) is 0 Å². The van der Waals surface area contributed by atoms with Gasteiger partial charge in [0.1, 0.15) is 0 Å². The number of hydrazine groups is 1. The minimum atomic E-state index is -3.59. The average Bonchev–Trinajstić information content (AvgIpc) is 2.46. The van der Waals surface area contributed by atoms with Crippen LogP contribution in [0.15, 0.2) is 29.2 Å². The predicted octanol–water partition coefficient (Wildman–Crippen LogP) is 0.676. The van der Waals surface area contributed by atoms with Gasteiger partial charge in [-0.1, -0.05) is 30.4 Å². The van der Waals surface area contributed by atoms with Gasteiger partial charge in [-0.15, -0.1) is 4.83 Å². The Morgan fingerprint density at radius 3 is 2.60 bits per heavy atom. The van der Waals surface area contributed by atoms with Crippen molar-refractivity contribution in [1.82, 2.24) is 9.84 Å². The fourth-order valence-electron chi connectivity index (χ4n) is 2.15. The van der Waals surface area contributed by atoms with E-state index in [1.165, 1.54) is 0 Å². The van der Waals surface area contributed by atoms with Gasteiger partial charge < -0.3 is 5.73 Å². The van der Waals surface area contributed by atoms with Gasteiger partial charge in [0.2, 0.25) is 0 Å². The van der Waals surface area contributed by atoms with Crippen LogP contribution in [-0.4, -0.2) is 33.1 Å². The topological polar surface area (TPSA) is 75.4 Å². The quantitative estimate of drug-likeness (QED) is 0.804. The summed E-state index contributed by atoms with van der Waals surface area (Å²) in [6.07, 6.45) is 3.17. The normalized spacial score (nSPS) is 16.4. The molecule has 3 N–H and O–H groups in total. The molecule has 0 bridgehead atoms. The van der Waals surface area contributed by atoms with Gasteiger partial charge >= 0.3 is 0 Å². The Kier molecular flexibility index (Phi) is 5.15. The van der Waals surface area contributed by atoms with Crippen molar-refractivity contribution in [3.05, 3.63) is 29.8 Å². The highest BCUT2D eigenvalue weighted by Gasteiger charge is 2.21. The van der Waals surface area contributed by atoms with Crippen molar-refractivity contribution in [3.63, 3.8) is 0 Å². The maximum Gasteiger partial charge on any atom is 0.254 e. The van der Waals surface area contributed by atoms with E-state index in [4.69, 9.17) is 5.73 Å². The fraction of sp³-hybridized carbons (Fsp3) is 0.429. The van der Waals surface area contributed by atoms with Crippen molar-refractivity contribution in [2.24, 2.45) is 5.73 Å². The molecule has 1 aromatic carbocycles. The van der Waals surface area contributed by atoms with E-state index in [-0.39, 0.29) is 11.4 Å². The molecule has 0 aliphatic carbocycles. The Morgan fingerprint density at radius 2 is 1.90 bits per heavy atom. The lowest BCUT2D eigenvalue weighted by atomic mass is 10.2. The van der Waals surface area contributed by atoms with Crippen LogP contribution in [0.5, 0.6) is 0 Å². The lowest BCUT2D eigenvalue weighted by molar-refractivity contribution is 0.200. The SMILES string of the molecule is NCC#Cc1ccccc1S(=O)(=O)NN1CCCCC1. The first-order chi connectivity index (χ1) is 9.63. The second kappa shape index (κ2) is 6.86. The molecule has 6 heteroatoms. The number of nitrogens with two attached hydrogens (primary N) is 1. The molecule has 1 aliphatic rings. The van der Waals surface area contributed by atoms with Gasteiger partial charge in [-0.05, 0) is 25.0 Å². The van der Waals surface area contributed by atoms with Crippen molar-refractivity contribution in [2.45, 2.75) is 24.2 Å². The van der Waals surface area contributed by atoms with Gasteiger partial charge in [-0.25, -0.2) is 13.4 Å². The summed E-state index contributed by atoms with van der Waals surface area (Å²) in [5.74, 6) is 5.50. The van der Waals surface area contributed by atoms with E-state index in [2.05, 4.69) is 16.7 Å². The molecule has 0 radical (unpaired) electrons. The molecular weight excluding hydrogens is 274 g/mol. The van der Waals surface area contributed by atoms with E-state index >= 15 is 0 Å². The summed E-state index contributed by atoms with van der Waals surface area (Å²) < 4.78 is 24.9. The van der Waals surface area contributed by atoms with E-state index in [0.29, 0.717) is 5.56 Å². The molecule has 0 unspecified atom stereocenters. The first-order valence-electron chi connectivity index (χ1n) is 6.69. The Balaban J connectivity index is 2.24. The zero-order valence-corrected chi connectivity index (χ0v) is 12.1. The molecule has 0 aromatic heterocycles. The third-order valence-electron chi connectivity index (χ3n) is 3.11. The monoisotopic (exact) mass is 293 g/mol. The first kappa shape index (κ1) is 15.0. The van der Waals surface area contributed by atoms with Crippen LogP contribution in [0.1, 0.15) is 24.8 Å². The van der Waals surface area contributed by atoms with Crippen molar-refractivity contribution >= 4 is 10.0 Å². The molecule has 1 fully saturated rings. The fourth-order valence-corrected chi connectivity index (χ4v) is 3.44. The molecule has 2 rings (SSSR count). The average molecular weight is 293 g/mol. The number of piperidine rings is 1. The summed E-state index contributed by atoms with van der Waals surface area (Å²) >= 11 is 0. The number of rotatable bonds is 3. The number of nitrogens with one attached hydrogen (secondary N) is 1. The molecule has 1 heterocycles. The van der Waals surface area contributed by atoms with Crippen LogP contribution in [0.3, 0.4) is 0 Å². The molecule has 5 nitrogen and oxygen atoms in total. The maximum absolute atomic E-state index is 12.4. The second-order valence-corrected chi connectivity index (χ2v) is 6.27. The van der Waals surface area contributed by atoms with Crippen LogP contribution in [-0.2, 0) is 10.0 Å². The zero-order chi connectivity index (χ0) is 14.4. The summed E-state index contributed by atoms with van der Waals surface area (Å²) in [5, 5.41) is 1.76. The third-order valence-corrected chi connectivity index (χ3v) is 4.54. The highest BCUT2D eigenvalue weighted by atomic mass is 32.2. The molecule has 1 saturated heterocycles. The van der Waals surface area contributed by atoms with E-state index < -0.39 is 10.0 Å². The number of hydrogen-bond acceptors (Lipinski definition) is 4. The van der Waals surface area contributed by atoms with Crippen LogP contribution < -0.4 is 10.6 Å². The van der Waals surface area contributed by atoms with Crippen LogP contribution >= 0.6 is 0 Å². The largest absolute Gasteiger partial charge is 0.320 e. The summed E-state index contributed by atoms with van der Waals surface area (Å²) in [5.41, 5.74) is 5.81. The molecule has 1 aliphatic heterocycles. The molecule has 0 atom stereocenters. The van der Waals surface area contributed by atoms with Gasteiger partial charge in [-0.3, -0.25) is 0 Å². The Bertz CT molecular complexity index is 611. The standard InChI is InChI=1S/C14H19N3O2S/c15-10-6-8-13-7-2-3-9-14(13)20(18,19)16-17-11-4-1-5-12-17/h2-3,7,9,16H,1,4-5,10-12,15H2. The van der Waals surface area contributed by atoms with Gasteiger partial charge in [0, 0.05) is 18.7 Å². The van der Waals surface area contributed by atoms with Crippen LogP contribution in [0.25, 0.3) is 0 Å². The lowest BCUT2D eigenvalue weighted by Gasteiger charge is -2.26. The minimum Gasteiger partial charge on any atom is -0.320 e. The Hall–Kier alpha value is -1.39. The number of hydrogen-bond donors (Lipinski definition) is 2. The summed E-state index contributed by atoms with van der Waals surface area (Å²) in [7, 11) is -3.59. The Morgan fingerprint density at radius 1 is 1.20 bits per heavy atom. The number of nitrogens with zero attached hydrogens (tertiary/aromatic N) is 1. The molecule has 108 valence electrons. The van der Waals surface area contributed by atoms with Gasteiger partial charge in [-0.2, -0.15) is 0 Å². The smallest absolute Gasteiger partial charge is 0.254 e. The third kappa shape index (κ3) is 3.81. The number of benzene rings is 1. The van der Waals surface area contributed by atoms with Crippen molar-refractivity contribution in [3.8, 4) is 11.8 Å². The molecule has 20 heavy (non-hydrogen) atoms. The molecule has 0 spiro atoms. The summed E-state index contributed by atoms with van der Waals surface area (Å²) in [6, 6.07) is 6.71. The first-order valence-corrected chi connectivity index (χ1v) is 8.17. The molecular formula is C14H19N3O2S. The van der Waals surface area contributed by atoms with Crippen molar-refractivity contribution in [2.75, 3.05) is 19.6 Å². The molecule has 0 saturated carbocycles. The van der Waals surface area contributed by atoms with Crippen molar-refractivity contribution in [1.29, 1.82) is 0 Å². The maximum atomic E-state index is 12.4. The Labute approximate surface area is 120 Å². The van der Waals surface area contributed by atoms with Crippen LogP contribution in [0, 0.1) is 11.8 Å². The highest BCUT2D eigenvalue weighted by Crippen LogP contribution is 2.16. The second-order valence-electron chi connectivity index (χ2n) is 4.64. The zero-order valence-electron chi connectivity index (χ0n) is 11.3. The number of sulfonamides is 1. The molecule has 0 amide bonds. The summed E-state index contributed by atoms with van der Waals surface area (Å²) in [4.78, 5) is 2.84. The lowest BCUT2D eigenvalue weighted by Crippen LogP contribution is -2.45. The van der Waals surface area contributed by atoms with Gasteiger partial charge in [0.05, 0.1) is 11.4 Å². The van der Waals surface area contributed by atoms with E-state index in [0.717, 1.165) is 32.4 Å². The van der Waals surface area contributed by atoms with E-state index in [9.17, 15) is 8.42 Å². The van der Waals surface area contributed by atoms with Crippen molar-refractivity contribution < 1.29 is 8.42 Å². The van der Waals surface area contributed by atoms with E-state index in [1.54, 1.807) is 29.3 Å². The predicted molar refractivity (Wildman–Crippen MR) is 78.1 cm³/mol. The highest BCUT2D eigenvalue weighted by molar-refractivity contribution is 7.89. The molecule has 1 aromatic rings. The van der Waals surface area contributed by atoms with Crippen LogP contribution in [0.4, 0.5) is 0 Å².